The summed E-state index contributed by atoms with van der Waals surface area (Å²) in [6.07, 6.45) is 7.90. The quantitative estimate of drug-likeness (QED) is 0.745. The molecule has 0 aromatic rings. The summed E-state index contributed by atoms with van der Waals surface area (Å²) >= 11 is 0. The average Bonchev–Trinajstić information content (AvgIpc) is 2.58. The maximum atomic E-state index is 9.43. The molecule has 0 saturated carbocycles. The van der Waals surface area contributed by atoms with Crippen molar-refractivity contribution in [3.05, 3.63) is 11.6 Å². The molecule has 0 aromatic carbocycles. The van der Waals surface area contributed by atoms with Gasteiger partial charge in [-0.3, -0.25) is 0 Å². The summed E-state index contributed by atoms with van der Waals surface area (Å²) in [4.78, 5) is 0. The number of aliphatic hydroxyl groups is 1. The molecule has 4 heteroatoms. The topological polar surface area (TPSA) is 47.9 Å². The number of hydrogen-bond acceptors (Lipinski definition) is 4. The predicted molar refractivity (Wildman–Crippen MR) is 95.8 cm³/mol. The first-order chi connectivity index (χ1) is 11.4. The van der Waals surface area contributed by atoms with E-state index in [-0.39, 0.29) is 36.4 Å². The van der Waals surface area contributed by atoms with Gasteiger partial charge < -0.3 is 19.3 Å². The van der Waals surface area contributed by atoms with Crippen molar-refractivity contribution in [1.29, 1.82) is 0 Å². The lowest BCUT2D eigenvalue weighted by Gasteiger charge is -2.46. The standard InChI is InChI=1S/C20H36O4/c1-14-8-10-20(9-6-7-11-23-20)24-19(14)16(3)12-15(2)18(22-5)17(4)13-21/h12,14-15,17-19,21H,6-11,13H2,1-5H3/b16-12+/t14-,15+,17+,18-,19+,20+/m1/s1. The summed E-state index contributed by atoms with van der Waals surface area (Å²) in [5.41, 5.74) is 1.26. The monoisotopic (exact) mass is 340 g/mol. The number of hydrogen-bond donors (Lipinski definition) is 1. The maximum absolute atomic E-state index is 9.43. The Morgan fingerprint density at radius 3 is 2.67 bits per heavy atom. The normalized spacial score (nSPS) is 35.7. The molecule has 0 radical (unpaired) electrons. The van der Waals surface area contributed by atoms with Gasteiger partial charge in [0.2, 0.25) is 0 Å². The van der Waals surface area contributed by atoms with E-state index in [0.717, 1.165) is 32.3 Å². The smallest absolute Gasteiger partial charge is 0.169 e. The summed E-state index contributed by atoms with van der Waals surface area (Å²) < 4.78 is 18.2. The fourth-order valence-corrected chi connectivity index (χ4v) is 4.34. The molecule has 24 heavy (non-hydrogen) atoms. The summed E-state index contributed by atoms with van der Waals surface area (Å²) in [6.45, 7) is 9.58. The molecule has 0 amide bonds. The van der Waals surface area contributed by atoms with E-state index in [1.165, 1.54) is 12.0 Å². The Morgan fingerprint density at radius 1 is 1.33 bits per heavy atom. The van der Waals surface area contributed by atoms with E-state index in [9.17, 15) is 5.11 Å². The van der Waals surface area contributed by atoms with Gasteiger partial charge in [0.1, 0.15) is 0 Å². The zero-order valence-electron chi connectivity index (χ0n) is 16.1. The molecular weight excluding hydrogens is 304 g/mol. The Kier molecular flexibility index (Phi) is 7.29. The first-order valence-corrected chi connectivity index (χ1v) is 9.56. The number of rotatable bonds is 6. The minimum atomic E-state index is -0.354. The molecule has 0 aromatic heterocycles. The molecule has 140 valence electrons. The van der Waals surface area contributed by atoms with E-state index in [2.05, 4.69) is 26.8 Å². The fourth-order valence-electron chi connectivity index (χ4n) is 4.34. The summed E-state index contributed by atoms with van der Waals surface area (Å²) in [6, 6.07) is 0. The second kappa shape index (κ2) is 8.79. The van der Waals surface area contributed by atoms with E-state index in [1.807, 2.05) is 6.92 Å². The van der Waals surface area contributed by atoms with Gasteiger partial charge in [0, 0.05) is 38.4 Å². The first-order valence-electron chi connectivity index (χ1n) is 9.56. The van der Waals surface area contributed by atoms with Gasteiger partial charge in [-0.05, 0) is 37.7 Å². The van der Waals surface area contributed by atoms with E-state index >= 15 is 0 Å². The number of methoxy groups -OCH3 is 1. The van der Waals surface area contributed by atoms with Crippen LogP contribution in [0.15, 0.2) is 11.6 Å². The molecule has 2 heterocycles. The molecule has 0 bridgehead atoms. The van der Waals surface area contributed by atoms with Crippen LogP contribution < -0.4 is 0 Å². The van der Waals surface area contributed by atoms with E-state index < -0.39 is 0 Å². The first kappa shape index (κ1) is 19.9. The van der Waals surface area contributed by atoms with Crippen molar-refractivity contribution in [2.45, 2.75) is 77.8 Å². The molecule has 2 aliphatic heterocycles. The predicted octanol–water partition coefficient (Wildman–Crippen LogP) is 3.92. The van der Waals surface area contributed by atoms with Crippen LogP contribution in [-0.2, 0) is 14.2 Å². The highest BCUT2D eigenvalue weighted by Gasteiger charge is 2.42. The van der Waals surface area contributed by atoms with Crippen LogP contribution in [0.1, 0.15) is 59.8 Å². The SMILES string of the molecule is CO[C@H]([C@@H](C)/C=C(\C)[C@H]1O[C@@]2(CCCCO2)CC[C@H]1C)[C@@H](C)CO. The Labute approximate surface area is 147 Å². The van der Waals surface area contributed by atoms with Crippen molar-refractivity contribution >= 4 is 0 Å². The Bertz CT molecular complexity index is 414. The number of aliphatic hydroxyl groups excluding tert-OH is 1. The van der Waals surface area contributed by atoms with Crippen molar-refractivity contribution in [3.63, 3.8) is 0 Å². The fraction of sp³-hybridized carbons (Fsp3) is 0.900. The Morgan fingerprint density at radius 2 is 2.08 bits per heavy atom. The van der Waals surface area contributed by atoms with Gasteiger partial charge in [-0.1, -0.05) is 26.8 Å². The van der Waals surface area contributed by atoms with Crippen LogP contribution in [-0.4, -0.2) is 43.4 Å². The van der Waals surface area contributed by atoms with E-state index in [4.69, 9.17) is 14.2 Å². The highest BCUT2D eigenvalue weighted by molar-refractivity contribution is 5.11. The summed E-state index contributed by atoms with van der Waals surface area (Å²) in [5, 5.41) is 9.43. The molecule has 4 nitrogen and oxygen atoms in total. The highest BCUT2D eigenvalue weighted by Crippen LogP contribution is 2.41. The lowest BCUT2D eigenvalue weighted by atomic mass is 9.84. The molecule has 2 aliphatic rings. The van der Waals surface area contributed by atoms with Gasteiger partial charge >= 0.3 is 0 Å². The Balaban J connectivity index is 2.09. The van der Waals surface area contributed by atoms with Gasteiger partial charge in [-0.2, -0.15) is 0 Å². The summed E-state index contributed by atoms with van der Waals surface area (Å²) in [7, 11) is 1.72. The van der Waals surface area contributed by atoms with Gasteiger partial charge in [0.05, 0.1) is 18.8 Å². The molecule has 2 saturated heterocycles. The number of ether oxygens (including phenoxy) is 3. The lowest BCUT2D eigenvalue weighted by Crippen LogP contribution is -2.48. The van der Waals surface area contributed by atoms with Crippen LogP contribution in [0, 0.1) is 17.8 Å². The molecule has 6 atom stereocenters. The average molecular weight is 341 g/mol. The summed E-state index contributed by atoms with van der Waals surface area (Å²) in [5.74, 6) is 0.498. The third kappa shape index (κ3) is 4.60. The van der Waals surface area contributed by atoms with Gasteiger partial charge in [-0.15, -0.1) is 0 Å². The second-order valence-electron chi connectivity index (χ2n) is 7.90. The van der Waals surface area contributed by atoms with Gasteiger partial charge in [0.15, 0.2) is 5.79 Å². The van der Waals surface area contributed by atoms with Crippen molar-refractivity contribution in [1.82, 2.24) is 0 Å². The third-order valence-electron chi connectivity index (χ3n) is 5.77. The van der Waals surface area contributed by atoms with Crippen LogP contribution in [0.4, 0.5) is 0 Å². The largest absolute Gasteiger partial charge is 0.396 e. The molecule has 1 N–H and O–H groups in total. The van der Waals surface area contributed by atoms with Gasteiger partial charge in [0.25, 0.3) is 0 Å². The molecule has 2 rings (SSSR count). The molecule has 0 unspecified atom stereocenters. The second-order valence-corrected chi connectivity index (χ2v) is 7.90. The minimum Gasteiger partial charge on any atom is -0.396 e. The van der Waals surface area contributed by atoms with Crippen molar-refractivity contribution in [2.75, 3.05) is 20.3 Å². The third-order valence-corrected chi connectivity index (χ3v) is 5.77. The molecule has 1 spiro atoms. The zero-order chi connectivity index (χ0) is 17.7. The van der Waals surface area contributed by atoms with E-state index in [1.54, 1.807) is 7.11 Å². The van der Waals surface area contributed by atoms with Gasteiger partial charge in [-0.25, -0.2) is 0 Å². The zero-order valence-corrected chi connectivity index (χ0v) is 16.1. The van der Waals surface area contributed by atoms with Crippen LogP contribution >= 0.6 is 0 Å². The lowest BCUT2D eigenvalue weighted by molar-refractivity contribution is -0.297. The highest BCUT2D eigenvalue weighted by atomic mass is 16.7. The molecule has 2 fully saturated rings. The van der Waals surface area contributed by atoms with Crippen LogP contribution in [0.25, 0.3) is 0 Å². The van der Waals surface area contributed by atoms with Crippen LogP contribution in [0.2, 0.25) is 0 Å². The minimum absolute atomic E-state index is 0.0173. The van der Waals surface area contributed by atoms with Crippen LogP contribution in [0.3, 0.4) is 0 Å². The van der Waals surface area contributed by atoms with Crippen molar-refractivity contribution in [3.8, 4) is 0 Å². The van der Waals surface area contributed by atoms with Crippen LogP contribution in [0.5, 0.6) is 0 Å². The van der Waals surface area contributed by atoms with Crippen molar-refractivity contribution < 1.29 is 19.3 Å². The Hall–Kier alpha value is -0.420. The molecule has 0 aliphatic carbocycles. The molecular formula is C20H36O4. The maximum Gasteiger partial charge on any atom is 0.169 e. The van der Waals surface area contributed by atoms with E-state index in [0.29, 0.717) is 5.92 Å². The van der Waals surface area contributed by atoms with Crippen molar-refractivity contribution in [2.24, 2.45) is 17.8 Å².